The van der Waals surface area contributed by atoms with Gasteiger partial charge in [-0.3, -0.25) is 5.43 Å². The Hall–Kier alpha value is -1.88. The van der Waals surface area contributed by atoms with Crippen LogP contribution in [0, 0.1) is 5.92 Å². The Morgan fingerprint density at radius 2 is 2.05 bits per heavy atom. The standard InChI is InChI=1S/C16H20N4S/c1-13(2)8-11-18-20-15-9-10-17-16(19-15)21-12-14-6-4-3-5-7-14/h3-7,9-11,13H,8,12H2,1-2H3,(H,17,19,20)/b18-11+. The lowest BCUT2D eigenvalue weighted by molar-refractivity contribution is 0.690. The molecule has 5 heteroatoms. The van der Waals surface area contributed by atoms with Crippen molar-refractivity contribution in [1.82, 2.24) is 9.97 Å². The average molecular weight is 300 g/mol. The van der Waals surface area contributed by atoms with E-state index in [2.05, 4.69) is 46.5 Å². The maximum Gasteiger partial charge on any atom is 0.189 e. The molecule has 1 N–H and O–H groups in total. The van der Waals surface area contributed by atoms with Crippen molar-refractivity contribution >= 4 is 23.8 Å². The molecule has 0 spiro atoms. The summed E-state index contributed by atoms with van der Waals surface area (Å²) in [5, 5.41) is 4.92. The van der Waals surface area contributed by atoms with Gasteiger partial charge in [0.2, 0.25) is 0 Å². The highest BCUT2D eigenvalue weighted by Crippen LogP contribution is 2.19. The van der Waals surface area contributed by atoms with E-state index in [1.165, 1.54) is 5.56 Å². The van der Waals surface area contributed by atoms with Crippen LogP contribution in [-0.4, -0.2) is 16.2 Å². The second-order valence-electron chi connectivity index (χ2n) is 5.05. The number of thioether (sulfide) groups is 1. The fraction of sp³-hybridized carbons (Fsp3) is 0.312. The van der Waals surface area contributed by atoms with E-state index in [1.54, 1.807) is 18.0 Å². The predicted octanol–water partition coefficient (Wildman–Crippen LogP) is 4.21. The summed E-state index contributed by atoms with van der Waals surface area (Å²) in [7, 11) is 0. The molecule has 0 bridgehead atoms. The molecule has 2 aromatic rings. The lowest BCUT2D eigenvalue weighted by Crippen LogP contribution is -1.97. The Balaban J connectivity index is 1.87. The first-order valence-corrected chi connectivity index (χ1v) is 8.00. The van der Waals surface area contributed by atoms with E-state index in [0.29, 0.717) is 5.92 Å². The zero-order valence-electron chi connectivity index (χ0n) is 12.4. The fourth-order valence-electron chi connectivity index (χ4n) is 1.57. The molecule has 0 saturated heterocycles. The molecule has 0 unspecified atom stereocenters. The Morgan fingerprint density at radius 1 is 1.24 bits per heavy atom. The van der Waals surface area contributed by atoms with Crippen LogP contribution in [0.2, 0.25) is 0 Å². The quantitative estimate of drug-likeness (QED) is 0.360. The summed E-state index contributed by atoms with van der Waals surface area (Å²) in [4.78, 5) is 8.70. The Kier molecular flexibility index (Phi) is 6.22. The summed E-state index contributed by atoms with van der Waals surface area (Å²) >= 11 is 1.62. The lowest BCUT2D eigenvalue weighted by Gasteiger charge is -2.03. The highest BCUT2D eigenvalue weighted by atomic mass is 32.2. The molecule has 0 aliphatic rings. The highest BCUT2D eigenvalue weighted by molar-refractivity contribution is 7.98. The summed E-state index contributed by atoms with van der Waals surface area (Å²) in [6.45, 7) is 4.32. The molecule has 21 heavy (non-hydrogen) atoms. The van der Waals surface area contributed by atoms with Crippen molar-refractivity contribution in [2.24, 2.45) is 11.0 Å². The van der Waals surface area contributed by atoms with Crippen LogP contribution in [0.1, 0.15) is 25.8 Å². The molecule has 1 heterocycles. The van der Waals surface area contributed by atoms with Gasteiger partial charge in [0, 0.05) is 24.2 Å². The van der Waals surface area contributed by atoms with Gasteiger partial charge in [-0.15, -0.1) is 0 Å². The molecule has 110 valence electrons. The average Bonchev–Trinajstić information content (AvgIpc) is 2.51. The van der Waals surface area contributed by atoms with Crippen molar-refractivity contribution in [3.63, 3.8) is 0 Å². The zero-order chi connectivity index (χ0) is 14.9. The molecule has 4 nitrogen and oxygen atoms in total. The van der Waals surface area contributed by atoms with Gasteiger partial charge in [0.25, 0.3) is 0 Å². The van der Waals surface area contributed by atoms with E-state index in [-0.39, 0.29) is 0 Å². The third-order valence-corrected chi connectivity index (χ3v) is 3.62. The van der Waals surface area contributed by atoms with Crippen molar-refractivity contribution in [2.75, 3.05) is 5.43 Å². The minimum atomic E-state index is 0.609. The number of benzene rings is 1. The molecule has 0 atom stereocenters. The molecule has 0 aliphatic heterocycles. The molecule has 1 aromatic heterocycles. The van der Waals surface area contributed by atoms with E-state index in [4.69, 9.17) is 0 Å². The van der Waals surface area contributed by atoms with Crippen molar-refractivity contribution in [3.8, 4) is 0 Å². The lowest BCUT2D eigenvalue weighted by atomic mass is 10.2. The Labute approximate surface area is 130 Å². The minimum absolute atomic E-state index is 0.609. The maximum absolute atomic E-state index is 4.43. The second-order valence-corrected chi connectivity index (χ2v) is 5.99. The number of aromatic nitrogens is 2. The number of nitrogens with zero attached hydrogens (tertiary/aromatic N) is 3. The molecule has 0 amide bonds. The summed E-state index contributed by atoms with van der Waals surface area (Å²) in [6.07, 6.45) is 4.58. The van der Waals surface area contributed by atoms with Crippen LogP contribution >= 0.6 is 11.8 Å². The van der Waals surface area contributed by atoms with Crippen LogP contribution in [0.5, 0.6) is 0 Å². The first kappa shape index (κ1) is 15.5. The predicted molar refractivity (Wildman–Crippen MR) is 89.6 cm³/mol. The SMILES string of the molecule is CC(C)C/C=N/Nc1ccnc(SCc2ccccc2)n1. The molecular weight excluding hydrogens is 280 g/mol. The number of hydrazone groups is 1. The van der Waals surface area contributed by atoms with Gasteiger partial charge < -0.3 is 0 Å². The van der Waals surface area contributed by atoms with Gasteiger partial charge in [-0.2, -0.15) is 5.10 Å². The summed E-state index contributed by atoms with van der Waals surface area (Å²) in [5.41, 5.74) is 4.21. The molecule has 0 radical (unpaired) electrons. The van der Waals surface area contributed by atoms with Crippen molar-refractivity contribution in [1.29, 1.82) is 0 Å². The molecule has 0 aliphatic carbocycles. The van der Waals surface area contributed by atoms with Crippen molar-refractivity contribution in [2.45, 2.75) is 31.2 Å². The van der Waals surface area contributed by atoms with Gasteiger partial charge in [-0.05, 0) is 17.9 Å². The normalized spacial score (nSPS) is 11.2. The van der Waals surface area contributed by atoms with Crippen LogP contribution in [0.4, 0.5) is 5.82 Å². The smallest absolute Gasteiger partial charge is 0.189 e. The number of anilines is 1. The van der Waals surface area contributed by atoms with Crippen molar-refractivity contribution in [3.05, 3.63) is 48.2 Å². The monoisotopic (exact) mass is 300 g/mol. The van der Waals surface area contributed by atoms with Crippen LogP contribution in [0.25, 0.3) is 0 Å². The van der Waals surface area contributed by atoms with Gasteiger partial charge in [0.15, 0.2) is 11.0 Å². The van der Waals surface area contributed by atoms with Gasteiger partial charge in [-0.25, -0.2) is 9.97 Å². The maximum atomic E-state index is 4.43. The third-order valence-electron chi connectivity index (χ3n) is 2.69. The largest absolute Gasteiger partial charge is 0.262 e. The number of rotatable bonds is 7. The third kappa shape index (κ3) is 5.95. The van der Waals surface area contributed by atoms with Crippen molar-refractivity contribution < 1.29 is 0 Å². The number of hydrogen-bond acceptors (Lipinski definition) is 5. The van der Waals surface area contributed by atoms with Crippen LogP contribution in [0.15, 0.2) is 52.9 Å². The van der Waals surface area contributed by atoms with Crippen LogP contribution in [-0.2, 0) is 5.75 Å². The topological polar surface area (TPSA) is 50.2 Å². The van der Waals surface area contributed by atoms with Gasteiger partial charge in [0.1, 0.15) is 0 Å². The van der Waals surface area contributed by atoms with E-state index in [0.717, 1.165) is 23.1 Å². The highest BCUT2D eigenvalue weighted by Gasteiger charge is 2.00. The molecule has 0 fully saturated rings. The first-order valence-electron chi connectivity index (χ1n) is 7.01. The number of hydrogen-bond donors (Lipinski definition) is 1. The van der Waals surface area contributed by atoms with Gasteiger partial charge >= 0.3 is 0 Å². The van der Waals surface area contributed by atoms with E-state index in [1.807, 2.05) is 30.5 Å². The van der Waals surface area contributed by atoms with E-state index in [9.17, 15) is 0 Å². The molecular formula is C16H20N4S. The van der Waals surface area contributed by atoms with E-state index >= 15 is 0 Å². The summed E-state index contributed by atoms with van der Waals surface area (Å²) < 4.78 is 0. The van der Waals surface area contributed by atoms with Crippen LogP contribution < -0.4 is 5.43 Å². The Morgan fingerprint density at radius 3 is 2.81 bits per heavy atom. The zero-order valence-corrected chi connectivity index (χ0v) is 13.2. The first-order chi connectivity index (χ1) is 10.2. The molecule has 1 aromatic carbocycles. The summed E-state index contributed by atoms with van der Waals surface area (Å²) in [5.74, 6) is 2.19. The van der Waals surface area contributed by atoms with Gasteiger partial charge in [0.05, 0.1) is 0 Å². The molecule has 2 rings (SSSR count). The number of nitrogens with one attached hydrogen (secondary N) is 1. The fourth-order valence-corrected chi connectivity index (χ4v) is 2.36. The van der Waals surface area contributed by atoms with Crippen LogP contribution in [0.3, 0.4) is 0 Å². The summed E-state index contributed by atoms with van der Waals surface area (Å²) in [6, 6.07) is 12.1. The molecule has 0 saturated carbocycles. The van der Waals surface area contributed by atoms with E-state index < -0.39 is 0 Å². The second kappa shape index (κ2) is 8.42. The Bertz CT molecular complexity index is 569. The van der Waals surface area contributed by atoms with Gasteiger partial charge in [-0.1, -0.05) is 55.9 Å². The minimum Gasteiger partial charge on any atom is -0.262 e.